The van der Waals surface area contributed by atoms with Crippen molar-refractivity contribution in [1.29, 1.82) is 0 Å². The van der Waals surface area contributed by atoms with Crippen LogP contribution in [0.2, 0.25) is 0 Å². The molecule has 0 N–H and O–H groups in total. The number of rotatable bonds is 2. The van der Waals surface area contributed by atoms with Gasteiger partial charge in [0.2, 0.25) is 0 Å². The molecule has 0 aliphatic carbocycles. The highest BCUT2D eigenvalue weighted by Gasteiger charge is 2.14. The van der Waals surface area contributed by atoms with Crippen LogP contribution in [-0.4, -0.2) is 9.91 Å². The van der Waals surface area contributed by atoms with Crippen LogP contribution in [-0.2, 0) is 0 Å². The maximum atomic E-state index is 11.2. The van der Waals surface area contributed by atoms with Crippen molar-refractivity contribution in [1.82, 2.24) is 4.98 Å². The summed E-state index contributed by atoms with van der Waals surface area (Å²) < 4.78 is 0. The Hall–Kier alpha value is -3.27. The number of nitro groups is 1. The van der Waals surface area contributed by atoms with Gasteiger partial charge < -0.3 is 0 Å². The van der Waals surface area contributed by atoms with E-state index < -0.39 is 0 Å². The fraction of sp³-hybridized carbons (Fsp3) is 0. The lowest BCUT2D eigenvalue weighted by Gasteiger charge is -2.07. The summed E-state index contributed by atoms with van der Waals surface area (Å²) in [6.07, 6.45) is 0. The van der Waals surface area contributed by atoms with Gasteiger partial charge in [-0.25, -0.2) is 4.98 Å². The molecule has 4 aromatic rings. The van der Waals surface area contributed by atoms with Gasteiger partial charge in [0.15, 0.2) is 0 Å². The number of benzene rings is 3. The van der Waals surface area contributed by atoms with E-state index in [1.807, 2.05) is 60.7 Å². The number of hydrogen-bond donors (Lipinski definition) is 0. The van der Waals surface area contributed by atoms with Crippen LogP contribution in [0.25, 0.3) is 32.9 Å². The summed E-state index contributed by atoms with van der Waals surface area (Å²) in [4.78, 5) is 15.4. The van der Waals surface area contributed by atoms with Gasteiger partial charge in [-0.2, -0.15) is 0 Å². The first-order chi connectivity index (χ1) is 11.2. The van der Waals surface area contributed by atoms with E-state index in [0.717, 1.165) is 27.4 Å². The normalized spacial score (nSPS) is 11.0. The molecule has 0 aliphatic rings. The molecule has 4 nitrogen and oxygen atoms in total. The van der Waals surface area contributed by atoms with Gasteiger partial charge in [0.25, 0.3) is 5.69 Å². The van der Waals surface area contributed by atoms with E-state index in [4.69, 9.17) is 0 Å². The number of hydrogen-bond acceptors (Lipinski definition) is 3. The molecule has 1 aromatic heterocycles. The van der Waals surface area contributed by atoms with Crippen LogP contribution in [0.1, 0.15) is 0 Å². The zero-order chi connectivity index (χ0) is 15.8. The van der Waals surface area contributed by atoms with Gasteiger partial charge in [-0.15, -0.1) is 0 Å². The minimum absolute atomic E-state index is 0.0320. The second-order valence-corrected chi connectivity index (χ2v) is 5.33. The van der Waals surface area contributed by atoms with Crippen molar-refractivity contribution in [2.45, 2.75) is 0 Å². The maximum Gasteiger partial charge on any atom is 0.295 e. The molecule has 0 spiro atoms. The van der Waals surface area contributed by atoms with Crippen molar-refractivity contribution in [3.63, 3.8) is 0 Å². The Morgan fingerprint density at radius 3 is 2.39 bits per heavy atom. The smallest absolute Gasteiger partial charge is 0.258 e. The molecule has 0 saturated carbocycles. The largest absolute Gasteiger partial charge is 0.295 e. The summed E-state index contributed by atoms with van der Waals surface area (Å²) >= 11 is 0. The van der Waals surface area contributed by atoms with Crippen LogP contribution >= 0.6 is 0 Å². The van der Waals surface area contributed by atoms with Gasteiger partial charge in [0, 0.05) is 17.0 Å². The highest BCUT2D eigenvalue weighted by Crippen LogP contribution is 2.31. The molecule has 0 saturated heterocycles. The first-order valence-electron chi connectivity index (χ1n) is 7.26. The first-order valence-corrected chi connectivity index (χ1v) is 7.26. The molecule has 4 rings (SSSR count). The van der Waals surface area contributed by atoms with Gasteiger partial charge in [0.1, 0.15) is 5.52 Å². The molecule has 1 heterocycles. The summed E-state index contributed by atoms with van der Waals surface area (Å²) in [6.45, 7) is 0. The van der Waals surface area contributed by atoms with Gasteiger partial charge in [-0.1, -0.05) is 60.7 Å². The minimum atomic E-state index is -0.387. The Kier molecular flexibility index (Phi) is 3.01. The number of fused-ring (bicyclic) bond motifs is 2. The van der Waals surface area contributed by atoms with Crippen molar-refractivity contribution in [3.05, 3.63) is 82.9 Å². The zero-order valence-corrected chi connectivity index (χ0v) is 12.1. The van der Waals surface area contributed by atoms with Crippen LogP contribution in [0.15, 0.2) is 72.8 Å². The van der Waals surface area contributed by atoms with Crippen molar-refractivity contribution < 1.29 is 4.92 Å². The van der Waals surface area contributed by atoms with E-state index in [2.05, 4.69) is 4.98 Å². The fourth-order valence-electron chi connectivity index (χ4n) is 2.88. The molecule has 3 aromatic carbocycles. The lowest BCUT2D eigenvalue weighted by molar-refractivity contribution is -0.383. The number of nitrogens with zero attached hydrogens (tertiary/aromatic N) is 2. The van der Waals surface area contributed by atoms with Gasteiger partial charge in [-0.3, -0.25) is 10.1 Å². The summed E-state index contributed by atoms with van der Waals surface area (Å²) in [7, 11) is 0. The van der Waals surface area contributed by atoms with E-state index in [1.54, 1.807) is 6.07 Å². The number of aromatic nitrogens is 1. The van der Waals surface area contributed by atoms with E-state index in [9.17, 15) is 10.1 Å². The van der Waals surface area contributed by atoms with E-state index in [-0.39, 0.29) is 10.6 Å². The number of para-hydroxylation sites is 1. The van der Waals surface area contributed by atoms with Crippen LogP contribution in [0, 0.1) is 10.1 Å². The molecular weight excluding hydrogens is 288 g/mol. The maximum absolute atomic E-state index is 11.2. The lowest BCUT2D eigenvalue weighted by atomic mass is 10.0. The molecule has 0 fully saturated rings. The second kappa shape index (κ2) is 5.18. The van der Waals surface area contributed by atoms with E-state index >= 15 is 0 Å². The third kappa shape index (κ3) is 2.21. The standard InChI is InChI=1S/C19H12N2O2/c22-21(23)18-10-4-7-14-11-12-17(20-19(14)18)16-9-3-6-13-5-1-2-8-15(13)16/h1-12H. The average molecular weight is 300 g/mol. The van der Waals surface area contributed by atoms with Crippen molar-refractivity contribution in [2.24, 2.45) is 0 Å². The molecule has 0 radical (unpaired) electrons. The molecule has 4 heteroatoms. The summed E-state index contributed by atoms with van der Waals surface area (Å²) in [5.74, 6) is 0. The first kappa shape index (κ1) is 13.4. The second-order valence-electron chi connectivity index (χ2n) is 5.33. The monoisotopic (exact) mass is 300 g/mol. The van der Waals surface area contributed by atoms with Crippen molar-refractivity contribution in [2.75, 3.05) is 0 Å². The van der Waals surface area contributed by atoms with Crippen molar-refractivity contribution >= 4 is 27.4 Å². The molecule has 110 valence electrons. The summed E-state index contributed by atoms with van der Waals surface area (Å²) in [5, 5.41) is 14.2. The zero-order valence-electron chi connectivity index (χ0n) is 12.1. The van der Waals surface area contributed by atoms with Crippen LogP contribution in [0.5, 0.6) is 0 Å². The molecule has 0 unspecified atom stereocenters. The predicted molar refractivity (Wildman–Crippen MR) is 91.3 cm³/mol. The average Bonchev–Trinajstić information content (AvgIpc) is 2.60. The van der Waals surface area contributed by atoms with Gasteiger partial charge in [0.05, 0.1) is 10.6 Å². The van der Waals surface area contributed by atoms with Gasteiger partial charge >= 0.3 is 0 Å². The molecular formula is C19H12N2O2. The fourth-order valence-corrected chi connectivity index (χ4v) is 2.88. The van der Waals surface area contributed by atoms with Crippen LogP contribution < -0.4 is 0 Å². The van der Waals surface area contributed by atoms with E-state index in [1.165, 1.54) is 6.07 Å². The third-order valence-electron chi connectivity index (χ3n) is 3.96. The van der Waals surface area contributed by atoms with Crippen molar-refractivity contribution in [3.8, 4) is 11.3 Å². The Morgan fingerprint density at radius 1 is 0.783 bits per heavy atom. The molecule has 0 bridgehead atoms. The molecule has 23 heavy (non-hydrogen) atoms. The number of nitro benzene ring substituents is 1. The summed E-state index contributed by atoms with van der Waals surface area (Å²) in [5.41, 5.74) is 2.17. The quantitative estimate of drug-likeness (QED) is 0.388. The third-order valence-corrected chi connectivity index (χ3v) is 3.96. The van der Waals surface area contributed by atoms with Crippen LogP contribution in [0.4, 0.5) is 5.69 Å². The molecule has 0 atom stereocenters. The minimum Gasteiger partial charge on any atom is -0.258 e. The SMILES string of the molecule is O=[N+]([O-])c1cccc2ccc(-c3cccc4ccccc34)nc12. The Bertz CT molecular complexity index is 1050. The number of non-ortho nitro benzene ring substituents is 1. The van der Waals surface area contributed by atoms with Gasteiger partial charge in [-0.05, 0) is 16.8 Å². The molecule has 0 amide bonds. The Morgan fingerprint density at radius 2 is 1.52 bits per heavy atom. The Balaban J connectivity index is 2.02. The topological polar surface area (TPSA) is 56.0 Å². The predicted octanol–water partition coefficient (Wildman–Crippen LogP) is 4.96. The van der Waals surface area contributed by atoms with Crippen LogP contribution in [0.3, 0.4) is 0 Å². The van der Waals surface area contributed by atoms with E-state index in [0.29, 0.717) is 5.52 Å². The lowest BCUT2D eigenvalue weighted by Crippen LogP contribution is -1.93. The molecule has 0 aliphatic heterocycles. The highest BCUT2D eigenvalue weighted by molar-refractivity contribution is 5.97. The highest BCUT2D eigenvalue weighted by atomic mass is 16.6. The summed E-state index contributed by atoms with van der Waals surface area (Å²) in [6, 6.07) is 22.9. The number of pyridine rings is 1. The Labute approximate surface area is 132 Å².